The summed E-state index contributed by atoms with van der Waals surface area (Å²) in [4.78, 5) is 36.3. The van der Waals surface area contributed by atoms with Gasteiger partial charge in [-0.05, 0) is 62.8 Å². The van der Waals surface area contributed by atoms with Crippen molar-refractivity contribution in [1.29, 1.82) is 0 Å². The molecule has 0 spiro atoms. The number of aromatic carboxylic acids is 1. The predicted molar refractivity (Wildman–Crippen MR) is 137 cm³/mol. The SMILES string of the molecule is CC[C@@H](CC(=O)Nc1cc(C(=O)O)ccc1Br)NC(=O)OCC1c2ccccc2-c2ccccc21. The Morgan fingerprint density at radius 1 is 1.00 bits per heavy atom. The molecule has 3 aromatic rings. The minimum Gasteiger partial charge on any atom is -0.478 e. The van der Waals surface area contributed by atoms with Crippen molar-refractivity contribution in [3.8, 4) is 11.1 Å². The Balaban J connectivity index is 1.34. The third-order valence-corrected chi connectivity index (χ3v) is 6.77. The molecule has 4 rings (SSSR count). The van der Waals surface area contributed by atoms with Gasteiger partial charge in [0.2, 0.25) is 5.91 Å². The largest absolute Gasteiger partial charge is 0.478 e. The minimum atomic E-state index is -1.09. The number of carbonyl (C=O) groups is 3. The molecule has 35 heavy (non-hydrogen) atoms. The maximum absolute atomic E-state index is 12.6. The summed E-state index contributed by atoms with van der Waals surface area (Å²) in [5, 5.41) is 14.6. The van der Waals surface area contributed by atoms with E-state index in [0.29, 0.717) is 16.6 Å². The van der Waals surface area contributed by atoms with E-state index in [-0.39, 0.29) is 30.4 Å². The van der Waals surface area contributed by atoms with Crippen LogP contribution in [-0.4, -0.2) is 35.7 Å². The lowest BCUT2D eigenvalue weighted by Crippen LogP contribution is -2.38. The first-order valence-electron chi connectivity index (χ1n) is 11.3. The maximum atomic E-state index is 12.6. The van der Waals surface area contributed by atoms with E-state index in [2.05, 4.69) is 50.8 Å². The van der Waals surface area contributed by atoms with Gasteiger partial charge in [-0.2, -0.15) is 0 Å². The van der Waals surface area contributed by atoms with E-state index in [1.165, 1.54) is 12.1 Å². The molecule has 0 aromatic heterocycles. The van der Waals surface area contributed by atoms with E-state index < -0.39 is 18.1 Å². The first-order chi connectivity index (χ1) is 16.9. The molecule has 8 heteroatoms. The predicted octanol–water partition coefficient (Wildman–Crippen LogP) is 5.79. The monoisotopic (exact) mass is 536 g/mol. The number of carbonyl (C=O) groups excluding carboxylic acids is 2. The van der Waals surface area contributed by atoms with Crippen molar-refractivity contribution in [3.63, 3.8) is 0 Å². The molecule has 0 bridgehead atoms. The number of rotatable bonds is 8. The Hall–Kier alpha value is -3.65. The normalized spacial score (nSPS) is 12.9. The highest BCUT2D eigenvalue weighted by Gasteiger charge is 2.29. The van der Waals surface area contributed by atoms with Crippen molar-refractivity contribution in [2.75, 3.05) is 11.9 Å². The molecule has 0 aliphatic heterocycles. The van der Waals surface area contributed by atoms with Crippen molar-refractivity contribution in [1.82, 2.24) is 5.32 Å². The highest BCUT2D eigenvalue weighted by Crippen LogP contribution is 2.44. The Kier molecular flexibility index (Phi) is 7.51. The quantitative estimate of drug-likeness (QED) is 0.337. The van der Waals surface area contributed by atoms with Crippen molar-refractivity contribution in [2.24, 2.45) is 0 Å². The molecular formula is C27H25BrN2O5. The summed E-state index contributed by atoms with van der Waals surface area (Å²) in [6.07, 6.45) is -0.0427. The number of halogens is 1. The van der Waals surface area contributed by atoms with Crippen molar-refractivity contribution in [2.45, 2.75) is 31.7 Å². The van der Waals surface area contributed by atoms with Gasteiger partial charge in [-0.25, -0.2) is 9.59 Å². The van der Waals surface area contributed by atoms with Gasteiger partial charge in [-0.3, -0.25) is 4.79 Å². The summed E-state index contributed by atoms with van der Waals surface area (Å²) in [6.45, 7) is 2.06. The van der Waals surface area contributed by atoms with Crippen LogP contribution in [0.25, 0.3) is 11.1 Å². The fraction of sp³-hybridized carbons (Fsp3) is 0.222. The standard InChI is InChI=1S/C27H25BrN2O5/c1-2-17(14-25(31)30-24-13-16(26(32)33)11-12-23(24)28)29-27(34)35-15-22-20-9-5-3-7-18(20)19-8-4-6-10-21(19)22/h3-13,17,22H,2,14-15H2,1H3,(H,29,34)(H,30,31)(H,32,33)/t17-/m0/s1. The van der Waals surface area contributed by atoms with Gasteiger partial charge in [0.05, 0.1) is 11.3 Å². The summed E-state index contributed by atoms with van der Waals surface area (Å²) in [7, 11) is 0. The molecule has 0 saturated heterocycles. The highest BCUT2D eigenvalue weighted by atomic mass is 79.9. The number of amides is 2. The zero-order valence-electron chi connectivity index (χ0n) is 19.1. The first kappa shape index (κ1) is 24.5. The third-order valence-electron chi connectivity index (χ3n) is 6.08. The summed E-state index contributed by atoms with van der Waals surface area (Å²) in [6, 6.07) is 20.2. The van der Waals surface area contributed by atoms with Gasteiger partial charge in [0.25, 0.3) is 0 Å². The summed E-state index contributed by atoms with van der Waals surface area (Å²) < 4.78 is 6.14. The lowest BCUT2D eigenvalue weighted by Gasteiger charge is -2.19. The number of benzene rings is 3. The number of hydrogen-bond acceptors (Lipinski definition) is 4. The number of ether oxygens (including phenoxy) is 1. The van der Waals surface area contributed by atoms with Gasteiger partial charge in [0, 0.05) is 22.9 Å². The summed E-state index contributed by atoms with van der Waals surface area (Å²) >= 11 is 3.31. The number of alkyl carbamates (subject to hydrolysis) is 1. The second-order valence-electron chi connectivity index (χ2n) is 8.33. The lowest BCUT2D eigenvalue weighted by atomic mass is 9.98. The third kappa shape index (κ3) is 5.54. The molecule has 3 N–H and O–H groups in total. The number of nitrogens with one attached hydrogen (secondary N) is 2. The Labute approximate surface area is 211 Å². The van der Waals surface area contributed by atoms with E-state index in [1.54, 1.807) is 6.07 Å². The van der Waals surface area contributed by atoms with Gasteiger partial charge in [-0.1, -0.05) is 55.5 Å². The topological polar surface area (TPSA) is 105 Å². The molecule has 0 heterocycles. The molecule has 0 saturated carbocycles. The second-order valence-corrected chi connectivity index (χ2v) is 9.18. The van der Waals surface area contributed by atoms with Crippen LogP contribution in [0, 0.1) is 0 Å². The molecule has 1 aliphatic rings. The van der Waals surface area contributed by atoms with Gasteiger partial charge in [-0.15, -0.1) is 0 Å². The number of anilines is 1. The molecule has 0 radical (unpaired) electrons. The van der Waals surface area contributed by atoms with Crippen LogP contribution in [0.3, 0.4) is 0 Å². The molecular weight excluding hydrogens is 512 g/mol. The molecule has 180 valence electrons. The van der Waals surface area contributed by atoms with Crippen LogP contribution in [0.1, 0.15) is 47.2 Å². The fourth-order valence-electron chi connectivity index (χ4n) is 4.28. The van der Waals surface area contributed by atoms with Crippen molar-refractivity contribution >= 4 is 39.6 Å². The molecule has 0 fully saturated rings. The number of carboxylic acids is 1. The molecule has 1 atom stereocenters. The molecule has 1 aliphatic carbocycles. The molecule has 7 nitrogen and oxygen atoms in total. The highest BCUT2D eigenvalue weighted by molar-refractivity contribution is 9.10. The van der Waals surface area contributed by atoms with Crippen LogP contribution in [0.2, 0.25) is 0 Å². The van der Waals surface area contributed by atoms with Gasteiger partial charge < -0.3 is 20.5 Å². The average molecular weight is 537 g/mol. The Morgan fingerprint density at radius 3 is 2.23 bits per heavy atom. The Bertz CT molecular complexity index is 1230. The van der Waals surface area contributed by atoms with Crippen LogP contribution in [0.5, 0.6) is 0 Å². The van der Waals surface area contributed by atoms with Crippen LogP contribution in [-0.2, 0) is 9.53 Å². The van der Waals surface area contributed by atoms with Crippen LogP contribution in [0.4, 0.5) is 10.5 Å². The van der Waals surface area contributed by atoms with Crippen LogP contribution >= 0.6 is 15.9 Å². The second kappa shape index (κ2) is 10.7. The van der Waals surface area contributed by atoms with Gasteiger partial charge >= 0.3 is 12.1 Å². The first-order valence-corrected chi connectivity index (χ1v) is 12.1. The fourth-order valence-corrected chi connectivity index (χ4v) is 4.63. The molecule has 0 unspecified atom stereocenters. The number of fused-ring (bicyclic) bond motifs is 3. The average Bonchev–Trinajstić information content (AvgIpc) is 3.17. The van der Waals surface area contributed by atoms with E-state index in [1.807, 2.05) is 31.2 Å². The van der Waals surface area contributed by atoms with Crippen LogP contribution in [0.15, 0.2) is 71.2 Å². The van der Waals surface area contributed by atoms with E-state index in [9.17, 15) is 14.4 Å². The number of carboxylic acid groups (broad SMARTS) is 1. The van der Waals surface area contributed by atoms with Crippen molar-refractivity contribution in [3.05, 3.63) is 87.9 Å². The zero-order chi connectivity index (χ0) is 24.9. The summed E-state index contributed by atoms with van der Waals surface area (Å²) in [5.74, 6) is -1.48. The number of hydrogen-bond donors (Lipinski definition) is 3. The van der Waals surface area contributed by atoms with E-state index in [0.717, 1.165) is 22.3 Å². The minimum absolute atomic E-state index is 0.0183. The van der Waals surface area contributed by atoms with Crippen molar-refractivity contribution < 1.29 is 24.2 Å². The zero-order valence-corrected chi connectivity index (χ0v) is 20.7. The smallest absolute Gasteiger partial charge is 0.407 e. The van der Waals surface area contributed by atoms with E-state index >= 15 is 0 Å². The lowest BCUT2D eigenvalue weighted by molar-refractivity contribution is -0.116. The van der Waals surface area contributed by atoms with Gasteiger partial charge in [0.1, 0.15) is 6.61 Å². The Morgan fingerprint density at radius 2 is 1.63 bits per heavy atom. The van der Waals surface area contributed by atoms with E-state index in [4.69, 9.17) is 9.84 Å². The molecule has 3 aromatic carbocycles. The molecule has 2 amide bonds. The van der Waals surface area contributed by atoms with Crippen LogP contribution < -0.4 is 10.6 Å². The van der Waals surface area contributed by atoms with Gasteiger partial charge in [0.15, 0.2) is 0 Å². The summed E-state index contributed by atoms with van der Waals surface area (Å²) in [5.41, 5.74) is 4.97. The maximum Gasteiger partial charge on any atom is 0.407 e.